The number of nitrogens with zero attached hydrogens (tertiary/aromatic N) is 1. The Balaban J connectivity index is 2.24. The van der Waals surface area contributed by atoms with Gasteiger partial charge in [-0.05, 0) is 42.3 Å². The molecule has 0 bridgehead atoms. The molecule has 1 nitrogen and oxygen atoms in total. The molecule has 142 valence electrons. The van der Waals surface area contributed by atoms with E-state index in [1.807, 2.05) is 0 Å². The molecule has 0 aliphatic heterocycles. The third kappa shape index (κ3) is 3.76. The van der Waals surface area contributed by atoms with Crippen molar-refractivity contribution in [2.75, 3.05) is 0 Å². The molecule has 1 aliphatic carbocycles. The summed E-state index contributed by atoms with van der Waals surface area (Å²) >= 11 is 0. The lowest BCUT2D eigenvalue weighted by Gasteiger charge is -2.46. The van der Waals surface area contributed by atoms with E-state index in [1.165, 1.54) is 21.5 Å². The summed E-state index contributed by atoms with van der Waals surface area (Å²) in [6.45, 7) is 16.9. The number of hydrogen-bond donors (Lipinski definition) is 0. The predicted octanol–water partition coefficient (Wildman–Crippen LogP) is 4.92. The Morgan fingerprint density at radius 2 is 1.19 bits per heavy atom. The minimum absolute atomic E-state index is 0.513. The first-order valence-electron chi connectivity index (χ1n) is 10.0. The van der Waals surface area contributed by atoms with E-state index in [2.05, 4.69) is 112 Å². The van der Waals surface area contributed by atoms with Crippen LogP contribution in [0.1, 0.15) is 27.7 Å². The van der Waals surface area contributed by atoms with Gasteiger partial charge in [-0.15, -0.1) is 0 Å². The summed E-state index contributed by atoms with van der Waals surface area (Å²) in [4.78, 5) is 0. The fourth-order valence-corrected chi connectivity index (χ4v) is 12.3. The number of benzene rings is 2. The van der Waals surface area contributed by atoms with Gasteiger partial charge in [0.15, 0.2) is 8.96 Å². The van der Waals surface area contributed by atoms with E-state index in [0.29, 0.717) is 5.92 Å². The van der Waals surface area contributed by atoms with Gasteiger partial charge >= 0.3 is 0 Å². The van der Waals surface area contributed by atoms with Crippen LogP contribution >= 0.6 is 0 Å². The first-order valence-corrected chi connectivity index (χ1v) is 15.1. The van der Waals surface area contributed by atoms with E-state index < -0.39 is 17.2 Å². The number of allylic oxidation sites excluding steroid dienone is 3. The third-order valence-corrected chi connectivity index (χ3v) is 13.7. The van der Waals surface area contributed by atoms with Crippen molar-refractivity contribution in [3.8, 4) is 0 Å². The van der Waals surface area contributed by atoms with Crippen molar-refractivity contribution < 1.29 is 0 Å². The van der Waals surface area contributed by atoms with Crippen LogP contribution in [-0.4, -0.2) is 21.4 Å². The average molecular weight is 392 g/mol. The van der Waals surface area contributed by atoms with E-state index in [0.717, 1.165) is 0 Å². The average Bonchev–Trinajstić information content (AvgIpc) is 2.83. The standard InChI is InChI=1S/C24H33NSi2/c1-18-19(2)21(4)24(20(18)3)25(27(5,6)7)26(22-14-10-8-11-15-22)23-16-12-9-13-17-23/h8-17,20,26H,1-7H3. The minimum Gasteiger partial charge on any atom is -0.423 e. The molecule has 0 saturated heterocycles. The molecule has 0 fully saturated rings. The molecule has 0 amide bonds. The molecule has 27 heavy (non-hydrogen) atoms. The lowest BCUT2D eigenvalue weighted by atomic mass is 10.0. The fourth-order valence-electron chi connectivity index (χ4n) is 4.38. The van der Waals surface area contributed by atoms with Crippen LogP contribution in [0.2, 0.25) is 19.6 Å². The summed E-state index contributed by atoms with van der Waals surface area (Å²) in [7, 11) is -3.18. The fraction of sp³-hybridized carbons (Fsp3) is 0.333. The first-order chi connectivity index (χ1) is 12.7. The Kier molecular flexibility index (Phi) is 5.64. The Bertz CT molecular complexity index is 821. The monoisotopic (exact) mass is 391 g/mol. The predicted molar refractivity (Wildman–Crippen MR) is 125 cm³/mol. The van der Waals surface area contributed by atoms with Crippen molar-refractivity contribution in [2.24, 2.45) is 5.92 Å². The highest BCUT2D eigenvalue weighted by Gasteiger charge is 2.40. The van der Waals surface area contributed by atoms with Crippen molar-refractivity contribution in [2.45, 2.75) is 47.3 Å². The zero-order chi connectivity index (χ0) is 19.8. The van der Waals surface area contributed by atoms with Gasteiger partial charge in [-0.2, -0.15) is 0 Å². The van der Waals surface area contributed by atoms with Crippen LogP contribution in [-0.2, 0) is 0 Å². The van der Waals surface area contributed by atoms with Gasteiger partial charge < -0.3 is 4.23 Å². The summed E-state index contributed by atoms with van der Waals surface area (Å²) in [6, 6.07) is 22.5. The molecule has 0 heterocycles. The molecule has 2 aromatic rings. The molecule has 0 saturated carbocycles. The SMILES string of the molecule is CC1=C(C)C(C)C(N([SiH](c2ccccc2)c2ccccc2)[Si](C)(C)C)=C1C. The van der Waals surface area contributed by atoms with Crippen molar-refractivity contribution in [1.29, 1.82) is 0 Å². The molecule has 0 spiro atoms. The van der Waals surface area contributed by atoms with Crippen LogP contribution < -0.4 is 10.4 Å². The second kappa shape index (κ2) is 7.65. The maximum atomic E-state index is 2.94. The van der Waals surface area contributed by atoms with Crippen molar-refractivity contribution in [3.05, 3.63) is 83.1 Å². The summed E-state index contributed by atoms with van der Waals surface area (Å²) < 4.78 is 2.94. The third-order valence-electron chi connectivity index (χ3n) is 6.07. The van der Waals surface area contributed by atoms with Crippen LogP contribution in [0.15, 0.2) is 83.1 Å². The summed E-state index contributed by atoms with van der Waals surface area (Å²) in [6.07, 6.45) is 0. The Morgan fingerprint density at radius 3 is 1.52 bits per heavy atom. The molecule has 2 aromatic carbocycles. The highest BCUT2D eigenvalue weighted by molar-refractivity contribution is 6.94. The smallest absolute Gasteiger partial charge is 0.195 e. The normalized spacial score (nSPS) is 17.9. The van der Waals surface area contributed by atoms with Gasteiger partial charge in [0.05, 0.1) is 0 Å². The molecule has 1 aliphatic rings. The molecule has 3 heteroatoms. The summed E-state index contributed by atoms with van der Waals surface area (Å²) in [5.74, 6) is 0.513. The zero-order valence-electron chi connectivity index (χ0n) is 17.9. The van der Waals surface area contributed by atoms with Crippen LogP contribution in [0.25, 0.3) is 0 Å². The van der Waals surface area contributed by atoms with Gasteiger partial charge in [0.2, 0.25) is 0 Å². The van der Waals surface area contributed by atoms with Crippen LogP contribution in [0.5, 0.6) is 0 Å². The molecule has 1 unspecified atom stereocenters. The molecule has 1 atom stereocenters. The second-order valence-electron chi connectivity index (χ2n) is 8.80. The van der Waals surface area contributed by atoms with E-state index in [-0.39, 0.29) is 0 Å². The largest absolute Gasteiger partial charge is 0.423 e. The van der Waals surface area contributed by atoms with Gasteiger partial charge in [-0.3, -0.25) is 0 Å². The molecular formula is C24H33NSi2. The highest BCUT2D eigenvalue weighted by atomic mass is 28.4. The van der Waals surface area contributed by atoms with E-state index >= 15 is 0 Å². The topological polar surface area (TPSA) is 3.24 Å². The lowest BCUT2D eigenvalue weighted by molar-refractivity contribution is 0.644. The van der Waals surface area contributed by atoms with E-state index in [9.17, 15) is 0 Å². The van der Waals surface area contributed by atoms with Gasteiger partial charge in [0, 0.05) is 11.6 Å². The van der Waals surface area contributed by atoms with Crippen molar-refractivity contribution in [1.82, 2.24) is 4.23 Å². The molecule has 0 aromatic heterocycles. The molecular weight excluding hydrogens is 358 g/mol. The zero-order valence-corrected chi connectivity index (χ0v) is 20.0. The Hall–Kier alpha value is -1.85. The van der Waals surface area contributed by atoms with Crippen molar-refractivity contribution >= 4 is 27.6 Å². The Labute approximate surface area is 168 Å². The maximum absolute atomic E-state index is 2.94. The number of hydrogen-bond acceptors (Lipinski definition) is 1. The van der Waals surface area contributed by atoms with Crippen LogP contribution in [0.4, 0.5) is 0 Å². The number of rotatable bonds is 5. The first kappa shape index (κ1) is 19.9. The summed E-state index contributed by atoms with van der Waals surface area (Å²) in [5.41, 5.74) is 6.13. The molecule has 0 N–H and O–H groups in total. The quantitative estimate of drug-likeness (QED) is 0.654. The van der Waals surface area contributed by atoms with Crippen LogP contribution in [0, 0.1) is 5.92 Å². The van der Waals surface area contributed by atoms with Gasteiger partial charge in [-0.25, -0.2) is 0 Å². The van der Waals surface area contributed by atoms with Gasteiger partial charge in [0.25, 0.3) is 0 Å². The maximum Gasteiger partial charge on any atom is 0.195 e. The van der Waals surface area contributed by atoms with E-state index in [1.54, 1.807) is 11.3 Å². The Morgan fingerprint density at radius 1 is 0.741 bits per heavy atom. The van der Waals surface area contributed by atoms with E-state index in [4.69, 9.17) is 0 Å². The minimum atomic E-state index is -1.61. The lowest BCUT2D eigenvalue weighted by Crippen LogP contribution is -2.64. The molecule has 3 rings (SSSR count). The van der Waals surface area contributed by atoms with Crippen molar-refractivity contribution in [3.63, 3.8) is 0 Å². The van der Waals surface area contributed by atoms with Gasteiger partial charge in [-0.1, -0.05) is 92.8 Å². The van der Waals surface area contributed by atoms with Crippen LogP contribution in [0.3, 0.4) is 0 Å². The highest BCUT2D eigenvalue weighted by Crippen LogP contribution is 2.40. The molecule has 0 radical (unpaired) electrons. The summed E-state index contributed by atoms with van der Waals surface area (Å²) in [5, 5.41) is 3.03. The second-order valence-corrected chi connectivity index (χ2v) is 16.8. The van der Waals surface area contributed by atoms with Gasteiger partial charge in [0.1, 0.15) is 8.24 Å².